The maximum atomic E-state index is 13.0. The van der Waals surface area contributed by atoms with Crippen LogP contribution < -0.4 is 4.90 Å². The molecular weight excluding hydrogens is 442 g/mol. The van der Waals surface area contributed by atoms with E-state index in [-0.39, 0.29) is 38.4 Å². The van der Waals surface area contributed by atoms with Crippen molar-refractivity contribution in [3.05, 3.63) is 89.0 Å². The molecule has 166 valence electrons. The molecule has 0 aliphatic carbocycles. The summed E-state index contributed by atoms with van der Waals surface area (Å²) in [6.45, 7) is 1.44. The predicted octanol–water partition coefficient (Wildman–Crippen LogP) is 3.20. The lowest BCUT2D eigenvalue weighted by Crippen LogP contribution is -2.38. The van der Waals surface area contributed by atoms with Gasteiger partial charge in [0, 0.05) is 22.9 Å². The number of amides is 1. The first-order chi connectivity index (χ1) is 15.8. The molecule has 0 radical (unpaired) electrons. The average Bonchev–Trinajstić information content (AvgIpc) is 3.16. The van der Waals surface area contributed by atoms with Crippen molar-refractivity contribution < 1.29 is 27.5 Å². The first-order valence-corrected chi connectivity index (χ1v) is 11.9. The van der Waals surface area contributed by atoms with Crippen LogP contribution in [0.15, 0.2) is 76.5 Å². The minimum absolute atomic E-state index is 0.00354. The van der Waals surface area contributed by atoms with Gasteiger partial charge in [-0.2, -0.15) is 0 Å². The molecule has 0 saturated carbocycles. The third-order valence-electron chi connectivity index (χ3n) is 5.98. The minimum Gasteiger partial charge on any atom is -0.452 e. The SMILES string of the molecule is CC1Cc2ccccc2N1C(=O)COC(=O)c1ccc2c(c1)S(=O)(=O)c1ccccc1C2=O. The number of benzene rings is 3. The van der Waals surface area contributed by atoms with E-state index in [0.29, 0.717) is 6.42 Å². The van der Waals surface area contributed by atoms with Crippen molar-refractivity contribution in [2.75, 3.05) is 11.5 Å². The van der Waals surface area contributed by atoms with Crippen LogP contribution in [0.3, 0.4) is 0 Å². The Balaban J connectivity index is 1.37. The van der Waals surface area contributed by atoms with E-state index in [2.05, 4.69) is 0 Å². The fourth-order valence-electron chi connectivity index (χ4n) is 4.44. The Morgan fingerprint density at radius 2 is 1.67 bits per heavy atom. The van der Waals surface area contributed by atoms with Gasteiger partial charge in [0.2, 0.25) is 9.84 Å². The van der Waals surface area contributed by atoms with Crippen molar-refractivity contribution >= 4 is 33.2 Å². The van der Waals surface area contributed by atoms with E-state index in [1.165, 1.54) is 30.3 Å². The van der Waals surface area contributed by atoms with Crippen LogP contribution in [-0.4, -0.2) is 38.7 Å². The maximum Gasteiger partial charge on any atom is 0.338 e. The zero-order valence-corrected chi connectivity index (χ0v) is 18.5. The highest BCUT2D eigenvalue weighted by Crippen LogP contribution is 2.35. The van der Waals surface area contributed by atoms with Gasteiger partial charge in [0.25, 0.3) is 5.91 Å². The van der Waals surface area contributed by atoms with Gasteiger partial charge >= 0.3 is 5.97 Å². The molecule has 1 amide bonds. The topological polar surface area (TPSA) is 97.8 Å². The number of carbonyl (C=O) groups is 3. The molecule has 2 aliphatic heterocycles. The minimum atomic E-state index is -3.98. The Bertz CT molecular complexity index is 1440. The number of ketones is 1. The standard InChI is InChI=1S/C25H19NO6S/c1-15-12-16-6-2-4-8-20(16)26(15)23(27)14-32-25(29)17-10-11-19-22(13-17)33(30,31)21-9-5-3-7-18(21)24(19)28/h2-11,13,15H,12,14H2,1H3. The van der Waals surface area contributed by atoms with E-state index in [4.69, 9.17) is 4.74 Å². The van der Waals surface area contributed by atoms with Crippen molar-refractivity contribution in [3.63, 3.8) is 0 Å². The highest BCUT2D eigenvalue weighted by molar-refractivity contribution is 7.91. The number of hydrogen-bond donors (Lipinski definition) is 0. The zero-order valence-electron chi connectivity index (χ0n) is 17.6. The Hall–Kier alpha value is -3.78. The van der Waals surface area contributed by atoms with E-state index in [1.807, 2.05) is 31.2 Å². The lowest BCUT2D eigenvalue weighted by molar-refractivity contribution is -0.122. The summed E-state index contributed by atoms with van der Waals surface area (Å²) < 4.78 is 31.3. The number of para-hydroxylation sites is 1. The zero-order chi connectivity index (χ0) is 23.3. The molecule has 0 aromatic heterocycles. The quantitative estimate of drug-likeness (QED) is 0.435. The molecule has 2 heterocycles. The number of sulfone groups is 1. The number of esters is 1. The first kappa shape index (κ1) is 21.1. The molecule has 8 heteroatoms. The predicted molar refractivity (Wildman–Crippen MR) is 119 cm³/mol. The summed E-state index contributed by atoms with van der Waals surface area (Å²) in [4.78, 5) is 39.4. The number of nitrogens with zero attached hydrogens (tertiary/aromatic N) is 1. The van der Waals surface area contributed by atoms with Crippen molar-refractivity contribution in [2.24, 2.45) is 0 Å². The van der Waals surface area contributed by atoms with Crippen LogP contribution in [-0.2, 0) is 25.8 Å². The Kier molecular flexibility index (Phi) is 4.90. The molecule has 0 saturated heterocycles. The number of hydrogen-bond acceptors (Lipinski definition) is 6. The summed E-state index contributed by atoms with van der Waals surface area (Å²) in [5.41, 5.74) is 1.90. The number of rotatable bonds is 3. The Morgan fingerprint density at radius 1 is 0.970 bits per heavy atom. The number of ether oxygens (including phenoxy) is 1. The van der Waals surface area contributed by atoms with Crippen LogP contribution in [0.5, 0.6) is 0 Å². The largest absolute Gasteiger partial charge is 0.452 e. The molecule has 3 aromatic rings. The van der Waals surface area contributed by atoms with Crippen LogP contribution in [0.4, 0.5) is 5.69 Å². The van der Waals surface area contributed by atoms with Gasteiger partial charge < -0.3 is 9.64 Å². The summed E-state index contributed by atoms with van der Waals surface area (Å²) >= 11 is 0. The van der Waals surface area contributed by atoms with Gasteiger partial charge in [0.1, 0.15) is 0 Å². The van der Waals surface area contributed by atoms with Crippen LogP contribution >= 0.6 is 0 Å². The van der Waals surface area contributed by atoms with Crippen molar-refractivity contribution in [2.45, 2.75) is 29.2 Å². The molecule has 0 fully saturated rings. The van der Waals surface area contributed by atoms with E-state index in [1.54, 1.807) is 11.0 Å². The van der Waals surface area contributed by atoms with E-state index < -0.39 is 28.2 Å². The summed E-state index contributed by atoms with van der Waals surface area (Å²) in [6, 6.07) is 17.2. The van der Waals surface area contributed by atoms with E-state index >= 15 is 0 Å². The molecule has 3 aromatic carbocycles. The van der Waals surface area contributed by atoms with Gasteiger partial charge in [0.15, 0.2) is 12.4 Å². The lowest BCUT2D eigenvalue weighted by atomic mass is 10.0. The van der Waals surface area contributed by atoms with Crippen molar-refractivity contribution in [1.29, 1.82) is 0 Å². The van der Waals surface area contributed by atoms with Gasteiger partial charge in [-0.1, -0.05) is 30.3 Å². The van der Waals surface area contributed by atoms with Gasteiger partial charge in [-0.05, 0) is 55.3 Å². The van der Waals surface area contributed by atoms with Gasteiger partial charge in [0.05, 0.1) is 15.4 Å². The average molecular weight is 461 g/mol. The molecular formula is C25H19NO6S. The molecule has 1 atom stereocenters. The molecule has 2 aliphatic rings. The second-order valence-corrected chi connectivity index (χ2v) is 9.95. The third kappa shape index (κ3) is 3.34. The Labute approximate surface area is 190 Å². The van der Waals surface area contributed by atoms with Crippen LogP contribution in [0.25, 0.3) is 0 Å². The van der Waals surface area contributed by atoms with Crippen molar-refractivity contribution in [3.8, 4) is 0 Å². The highest BCUT2D eigenvalue weighted by atomic mass is 32.2. The van der Waals surface area contributed by atoms with Gasteiger partial charge in [-0.15, -0.1) is 0 Å². The van der Waals surface area contributed by atoms with Crippen molar-refractivity contribution in [1.82, 2.24) is 0 Å². The maximum absolute atomic E-state index is 13.0. The molecule has 5 rings (SSSR count). The molecule has 0 spiro atoms. The summed E-state index contributed by atoms with van der Waals surface area (Å²) in [5, 5.41) is 0. The second-order valence-electron chi connectivity index (χ2n) is 8.06. The molecule has 7 nitrogen and oxygen atoms in total. The number of carbonyl (C=O) groups excluding carboxylic acids is 3. The monoisotopic (exact) mass is 461 g/mol. The third-order valence-corrected chi connectivity index (χ3v) is 7.83. The summed E-state index contributed by atoms with van der Waals surface area (Å²) in [7, 11) is -3.98. The second kappa shape index (κ2) is 7.67. The lowest BCUT2D eigenvalue weighted by Gasteiger charge is -2.22. The fourth-order valence-corrected chi connectivity index (χ4v) is 6.11. The highest BCUT2D eigenvalue weighted by Gasteiger charge is 2.35. The fraction of sp³-hybridized carbons (Fsp3) is 0.160. The van der Waals surface area contributed by atoms with Gasteiger partial charge in [-0.25, -0.2) is 13.2 Å². The number of anilines is 1. The molecule has 0 N–H and O–H groups in total. The van der Waals surface area contributed by atoms with Crippen LogP contribution in [0.1, 0.15) is 38.8 Å². The molecule has 1 unspecified atom stereocenters. The van der Waals surface area contributed by atoms with E-state index in [0.717, 1.165) is 17.3 Å². The number of fused-ring (bicyclic) bond motifs is 3. The molecule has 0 bridgehead atoms. The molecule has 33 heavy (non-hydrogen) atoms. The Morgan fingerprint density at radius 3 is 2.48 bits per heavy atom. The van der Waals surface area contributed by atoms with Crippen LogP contribution in [0, 0.1) is 0 Å². The normalized spacial score (nSPS) is 17.7. The first-order valence-electron chi connectivity index (χ1n) is 10.4. The summed E-state index contributed by atoms with van der Waals surface area (Å²) in [6.07, 6.45) is 0.716. The van der Waals surface area contributed by atoms with Gasteiger partial charge in [-0.3, -0.25) is 9.59 Å². The van der Waals surface area contributed by atoms with E-state index in [9.17, 15) is 22.8 Å². The van der Waals surface area contributed by atoms with Crippen LogP contribution in [0.2, 0.25) is 0 Å². The summed E-state index contributed by atoms with van der Waals surface area (Å²) in [5.74, 6) is -1.63. The smallest absolute Gasteiger partial charge is 0.338 e.